The third kappa shape index (κ3) is 3.77. The van der Waals surface area contributed by atoms with Crippen LogP contribution in [0, 0.1) is 4.77 Å². The summed E-state index contributed by atoms with van der Waals surface area (Å²) in [5, 5.41) is 21.4. The number of H-pyrrole nitrogens is 1. The molecule has 140 valence electrons. The maximum absolute atomic E-state index is 10.0. The maximum atomic E-state index is 10.0. The molecule has 27 heavy (non-hydrogen) atoms. The van der Waals surface area contributed by atoms with Gasteiger partial charge in [-0.2, -0.15) is 14.9 Å². The number of aromatic amines is 1. The summed E-state index contributed by atoms with van der Waals surface area (Å²) in [6.07, 6.45) is 1.57. The van der Waals surface area contributed by atoms with Crippen molar-refractivity contribution in [2.75, 3.05) is 21.3 Å². The van der Waals surface area contributed by atoms with Crippen LogP contribution in [-0.4, -0.2) is 47.5 Å². The summed E-state index contributed by atoms with van der Waals surface area (Å²) in [4.78, 5) is 0. The van der Waals surface area contributed by atoms with Crippen LogP contribution >= 0.6 is 12.2 Å². The molecule has 0 amide bonds. The first-order chi connectivity index (χ1) is 13.1. The highest BCUT2D eigenvalue weighted by Crippen LogP contribution is 2.36. The molecule has 3 rings (SSSR count). The zero-order chi connectivity index (χ0) is 19.4. The van der Waals surface area contributed by atoms with Crippen LogP contribution in [0.4, 0.5) is 0 Å². The standard InChI is InChI=1S/C18H18N4O4S/c1-24-13-6-4-12(5-7-13)17-20-21-18(27)22(17)19-10-11-8-14(25-2)16(23)15(9-11)26-3/h4-10,23H,1-3H3,(H,21,27)/b19-10+. The molecular weight excluding hydrogens is 368 g/mol. The Kier molecular flexibility index (Phi) is 5.41. The highest BCUT2D eigenvalue weighted by Gasteiger charge is 2.11. The molecule has 0 fully saturated rings. The minimum absolute atomic E-state index is 0.0732. The number of ether oxygens (including phenoxy) is 3. The smallest absolute Gasteiger partial charge is 0.216 e. The second-order valence-electron chi connectivity index (χ2n) is 5.41. The van der Waals surface area contributed by atoms with Crippen LogP contribution in [-0.2, 0) is 0 Å². The van der Waals surface area contributed by atoms with Crippen molar-refractivity contribution in [1.82, 2.24) is 14.9 Å². The van der Waals surface area contributed by atoms with E-state index in [9.17, 15) is 5.11 Å². The summed E-state index contributed by atoms with van der Waals surface area (Å²) in [7, 11) is 4.53. The Morgan fingerprint density at radius 2 is 1.70 bits per heavy atom. The quantitative estimate of drug-likeness (QED) is 0.499. The molecule has 3 aromatic rings. The molecule has 2 aromatic carbocycles. The van der Waals surface area contributed by atoms with E-state index in [1.807, 2.05) is 24.3 Å². The van der Waals surface area contributed by atoms with Gasteiger partial charge in [0.2, 0.25) is 10.5 Å². The van der Waals surface area contributed by atoms with E-state index in [-0.39, 0.29) is 17.2 Å². The average molecular weight is 386 g/mol. The molecule has 0 aliphatic rings. The van der Waals surface area contributed by atoms with Crippen molar-refractivity contribution in [3.8, 4) is 34.4 Å². The molecule has 8 nitrogen and oxygen atoms in total. The zero-order valence-corrected chi connectivity index (χ0v) is 15.8. The van der Waals surface area contributed by atoms with Crippen LogP contribution in [0.3, 0.4) is 0 Å². The second kappa shape index (κ2) is 7.92. The number of nitrogens with zero attached hydrogens (tertiary/aromatic N) is 3. The van der Waals surface area contributed by atoms with E-state index >= 15 is 0 Å². The fourth-order valence-corrected chi connectivity index (χ4v) is 2.62. The van der Waals surface area contributed by atoms with Crippen LogP contribution < -0.4 is 14.2 Å². The highest BCUT2D eigenvalue weighted by atomic mass is 32.1. The Bertz CT molecular complexity index is 1000. The Labute approximate surface area is 160 Å². The van der Waals surface area contributed by atoms with Crippen LogP contribution in [0.5, 0.6) is 23.0 Å². The van der Waals surface area contributed by atoms with E-state index in [0.29, 0.717) is 16.2 Å². The van der Waals surface area contributed by atoms with Crippen LogP contribution in [0.25, 0.3) is 11.4 Å². The predicted molar refractivity (Wildman–Crippen MR) is 104 cm³/mol. The van der Waals surface area contributed by atoms with E-state index in [4.69, 9.17) is 26.4 Å². The molecule has 0 radical (unpaired) electrons. The molecule has 0 spiro atoms. The first kappa shape index (κ1) is 18.5. The topological polar surface area (TPSA) is 93.9 Å². The summed E-state index contributed by atoms with van der Waals surface area (Å²) in [5.74, 6) is 1.78. The Balaban J connectivity index is 1.99. The first-order valence-electron chi connectivity index (χ1n) is 7.88. The maximum Gasteiger partial charge on any atom is 0.216 e. The highest BCUT2D eigenvalue weighted by molar-refractivity contribution is 7.71. The molecule has 9 heteroatoms. The molecule has 0 saturated heterocycles. The third-order valence-electron chi connectivity index (χ3n) is 3.82. The van der Waals surface area contributed by atoms with Gasteiger partial charge in [-0.15, -0.1) is 0 Å². The van der Waals surface area contributed by atoms with E-state index in [0.717, 1.165) is 11.3 Å². The number of aromatic hydroxyl groups is 1. The molecule has 0 saturated carbocycles. The van der Waals surface area contributed by atoms with Crippen LogP contribution in [0.1, 0.15) is 5.56 Å². The molecule has 0 unspecified atom stereocenters. The number of phenolic OH excluding ortho intramolecular Hbond substituents is 1. The van der Waals surface area contributed by atoms with Gasteiger partial charge >= 0.3 is 0 Å². The Morgan fingerprint density at radius 1 is 1.07 bits per heavy atom. The van der Waals surface area contributed by atoms with Gasteiger partial charge in [0.25, 0.3) is 0 Å². The fraction of sp³-hybridized carbons (Fsp3) is 0.167. The van der Waals surface area contributed by atoms with Crippen LogP contribution in [0.2, 0.25) is 0 Å². The average Bonchev–Trinajstić information content (AvgIpc) is 3.07. The van der Waals surface area contributed by atoms with Gasteiger partial charge in [-0.25, -0.2) is 5.10 Å². The lowest BCUT2D eigenvalue weighted by atomic mass is 10.2. The van der Waals surface area contributed by atoms with Crippen molar-refractivity contribution >= 4 is 18.4 Å². The number of methoxy groups -OCH3 is 3. The molecule has 0 aliphatic carbocycles. The van der Waals surface area contributed by atoms with Crippen molar-refractivity contribution < 1.29 is 19.3 Å². The number of rotatable bonds is 6. The molecule has 1 heterocycles. The van der Waals surface area contributed by atoms with Gasteiger partial charge in [-0.05, 0) is 48.6 Å². The summed E-state index contributed by atoms with van der Waals surface area (Å²) in [6, 6.07) is 10.7. The van der Waals surface area contributed by atoms with Crippen molar-refractivity contribution in [1.29, 1.82) is 0 Å². The van der Waals surface area contributed by atoms with Crippen molar-refractivity contribution in [2.24, 2.45) is 5.10 Å². The summed E-state index contributed by atoms with van der Waals surface area (Å²) < 4.78 is 17.3. The first-order valence-corrected chi connectivity index (χ1v) is 8.29. The summed E-state index contributed by atoms with van der Waals surface area (Å²) in [6.45, 7) is 0. The SMILES string of the molecule is COc1ccc(-c2n[nH]c(=S)n2/N=C/c2cc(OC)c(O)c(OC)c2)cc1. The van der Waals surface area contributed by atoms with Gasteiger partial charge in [0.15, 0.2) is 17.3 Å². The summed E-state index contributed by atoms with van der Waals surface area (Å²) in [5.41, 5.74) is 1.48. The number of hydrogen-bond donors (Lipinski definition) is 2. The number of phenols is 1. The van der Waals surface area contributed by atoms with E-state index in [1.54, 1.807) is 25.5 Å². The molecule has 0 aliphatic heterocycles. The lowest BCUT2D eigenvalue weighted by Crippen LogP contribution is -1.96. The fourth-order valence-electron chi connectivity index (χ4n) is 2.44. The number of hydrogen-bond acceptors (Lipinski definition) is 7. The second-order valence-corrected chi connectivity index (χ2v) is 5.80. The lowest BCUT2D eigenvalue weighted by molar-refractivity contribution is 0.340. The van der Waals surface area contributed by atoms with Crippen molar-refractivity contribution in [2.45, 2.75) is 0 Å². The molecule has 0 bridgehead atoms. The van der Waals surface area contributed by atoms with Crippen LogP contribution in [0.15, 0.2) is 41.5 Å². The minimum Gasteiger partial charge on any atom is -0.502 e. The van der Waals surface area contributed by atoms with Gasteiger partial charge in [-0.1, -0.05) is 0 Å². The molecule has 0 atom stereocenters. The Morgan fingerprint density at radius 3 is 2.26 bits per heavy atom. The van der Waals surface area contributed by atoms with Gasteiger partial charge in [-0.3, -0.25) is 0 Å². The van der Waals surface area contributed by atoms with Gasteiger partial charge < -0.3 is 19.3 Å². The zero-order valence-electron chi connectivity index (χ0n) is 15.0. The Hall–Kier alpha value is -3.33. The third-order valence-corrected chi connectivity index (χ3v) is 4.09. The molecular formula is C18H18N4O4S. The minimum atomic E-state index is -0.0732. The monoisotopic (exact) mass is 386 g/mol. The summed E-state index contributed by atoms with van der Waals surface area (Å²) >= 11 is 5.27. The lowest BCUT2D eigenvalue weighted by Gasteiger charge is -2.09. The van der Waals surface area contributed by atoms with E-state index < -0.39 is 0 Å². The number of benzene rings is 2. The van der Waals surface area contributed by atoms with Gasteiger partial charge in [0, 0.05) is 11.1 Å². The molecule has 1 aromatic heterocycles. The largest absolute Gasteiger partial charge is 0.502 e. The van der Waals surface area contributed by atoms with Gasteiger partial charge in [0.1, 0.15) is 5.75 Å². The van der Waals surface area contributed by atoms with E-state index in [1.165, 1.54) is 18.9 Å². The van der Waals surface area contributed by atoms with E-state index in [2.05, 4.69) is 15.3 Å². The predicted octanol–water partition coefficient (Wildman–Crippen LogP) is 3.22. The number of nitrogens with one attached hydrogen (secondary N) is 1. The number of aromatic nitrogens is 3. The normalized spacial score (nSPS) is 10.9. The molecule has 2 N–H and O–H groups in total. The van der Waals surface area contributed by atoms with Crippen molar-refractivity contribution in [3.05, 3.63) is 46.7 Å². The van der Waals surface area contributed by atoms with Crippen molar-refractivity contribution in [3.63, 3.8) is 0 Å². The van der Waals surface area contributed by atoms with Gasteiger partial charge in [0.05, 0.1) is 27.5 Å².